The Labute approximate surface area is 152 Å². The van der Waals surface area contributed by atoms with Crippen LogP contribution in [0.5, 0.6) is 0 Å². The molecule has 1 aliphatic rings. The number of methoxy groups -OCH3 is 1. The number of likely N-dealkylation sites (tertiary alicyclic amines) is 1. The summed E-state index contributed by atoms with van der Waals surface area (Å²) >= 11 is 0. The number of nitrogens with one attached hydrogen (secondary N) is 1. The van der Waals surface area contributed by atoms with Crippen LogP contribution in [0.4, 0.5) is 0 Å². The first kappa shape index (κ1) is 18.5. The third kappa shape index (κ3) is 4.11. The van der Waals surface area contributed by atoms with Gasteiger partial charge in [0.1, 0.15) is 0 Å². The van der Waals surface area contributed by atoms with Gasteiger partial charge in [-0.3, -0.25) is 9.59 Å². The van der Waals surface area contributed by atoms with E-state index in [0.29, 0.717) is 30.8 Å². The fraction of sp³-hybridized carbons (Fsp3) is 0.526. The van der Waals surface area contributed by atoms with Crippen molar-refractivity contribution in [2.24, 2.45) is 5.92 Å². The highest BCUT2D eigenvalue weighted by molar-refractivity contribution is 5.84. The van der Waals surface area contributed by atoms with Crippen LogP contribution in [-0.2, 0) is 22.6 Å². The van der Waals surface area contributed by atoms with Gasteiger partial charge in [0.25, 0.3) is 5.56 Å². The monoisotopic (exact) mass is 358 g/mol. The lowest BCUT2D eigenvalue weighted by molar-refractivity contribution is -0.126. The molecule has 1 amide bonds. The maximum Gasteiger partial charge on any atom is 0.274 e. The SMILES string of the molecule is COCCn1nc(CNC(=O)C2CCCN(C)C2)c2ccccc2c1=O. The molecule has 0 saturated carbocycles. The van der Waals surface area contributed by atoms with Crippen LogP contribution in [0.15, 0.2) is 29.1 Å². The van der Waals surface area contributed by atoms with Crippen LogP contribution in [0.1, 0.15) is 18.5 Å². The lowest BCUT2D eigenvalue weighted by Gasteiger charge is -2.28. The number of ether oxygens (including phenoxy) is 1. The molecule has 1 aromatic carbocycles. The molecule has 1 aromatic heterocycles. The number of carbonyl (C=O) groups is 1. The Kier molecular flexibility index (Phi) is 6.00. The van der Waals surface area contributed by atoms with E-state index >= 15 is 0 Å². The quantitative estimate of drug-likeness (QED) is 0.834. The number of amides is 1. The number of rotatable bonds is 6. The highest BCUT2D eigenvalue weighted by Gasteiger charge is 2.24. The minimum atomic E-state index is -0.137. The molecule has 7 heteroatoms. The molecule has 0 spiro atoms. The molecule has 1 aliphatic heterocycles. The fourth-order valence-electron chi connectivity index (χ4n) is 3.46. The first-order valence-corrected chi connectivity index (χ1v) is 9.04. The van der Waals surface area contributed by atoms with Gasteiger partial charge in [-0.1, -0.05) is 18.2 Å². The van der Waals surface area contributed by atoms with Crippen molar-refractivity contribution in [3.8, 4) is 0 Å². The van der Waals surface area contributed by atoms with Gasteiger partial charge < -0.3 is 15.0 Å². The molecular formula is C19H26N4O3. The second kappa shape index (κ2) is 8.42. The van der Waals surface area contributed by atoms with Crippen LogP contribution in [-0.4, -0.2) is 54.4 Å². The highest BCUT2D eigenvalue weighted by Crippen LogP contribution is 2.16. The van der Waals surface area contributed by atoms with Crippen LogP contribution < -0.4 is 10.9 Å². The molecule has 1 unspecified atom stereocenters. The molecule has 7 nitrogen and oxygen atoms in total. The Hall–Kier alpha value is -2.25. The van der Waals surface area contributed by atoms with Crippen LogP contribution in [0, 0.1) is 5.92 Å². The zero-order valence-electron chi connectivity index (χ0n) is 15.4. The number of fused-ring (bicyclic) bond motifs is 1. The summed E-state index contributed by atoms with van der Waals surface area (Å²) < 4.78 is 6.48. The summed E-state index contributed by atoms with van der Waals surface area (Å²) in [6.07, 6.45) is 1.95. The number of hydrogen-bond acceptors (Lipinski definition) is 5. The Bertz CT molecular complexity index is 833. The summed E-state index contributed by atoms with van der Waals surface area (Å²) in [5, 5.41) is 8.87. The predicted octanol–water partition coefficient (Wildman–Crippen LogP) is 1.00. The van der Waals surface area contributed by atoms with E-state index in [0.717, 1.165) is 31.3 Å². The van der Waals surface area contributed by atoms with E-state index in [-0.39, 0.29) is 17.4 Å². The minimum Gasteiger partial charge on any atom is -0.383 e. The van der Waals surface area contributed by atoms with Crippen molar-refractivity contribution in [1.82, 2.24) is 20.0 Å². The minimum absolute atomic E-state index is 0.0133. The van der Waals surface area contributed by atoms with Gasteiger partial charge in [-0.2, -0.15) is 5.10 Å². The zero-order chi connectivity index (χ0) is 18.5. The number of hydrogen-bond donors (Lipinski definition) is 1. The van der Waals surface area contributed by atoms with Crippen molar-refractivity contribution in [1.29, 1.82) is 0 Å². The average molecular weight is 358 g/mol. The molecule has 2 heterocycles. The number of aromatic nitrogens is 2. The van der Waals surface area contributed by atoms with E-state index in [9.17, 15) is 9.59 Å². The molecule has 0 aliphatic carbocycles. The Morgan fingerprint density at radius 2 is 2.12 bits per heavy atom. The van der Waals surface area contributed by atoms with Crippen molar-refractivity contribution in [3.05, 3.63) is 40.3 Å². The van der Waals surface area contributed by atoms with Gasteiger partial charge >= 0.3 is 0 Å². The topological polar surface area (TPSA) is 76.5 Å². The maximum absolute atomic E-state index is 12.6. The summed E-state index contributed by atoms with van der Waals surface area (Å²) in [6.45, 7) is 2.93. The van der Waals surface area contributed by atoms with E-state index in [2.05, 4.69) is 15.3 Å². The first-order chi connectivity index (χ1) is 12.6. The molecule has 26 heavy (non-hydrogen) atoms. The number of piperidine rings is 1. The molecule has 0 radical (unpaired) electrons. The van der Waals surface area contributed by atoms with E-state index in [1.807, 2.05) is 25.2 Å². The van der Waals surface area contributed by atoms with E-state index in [4.69, 9.17) is 4.74 Å². The number of carbonyl (C=O) groups excluding carboxylic acids is 1. The van der Waals surface area contributed by atoms with Gasteiger partial charge in [-0.05, 0) is 32.5 Å². The van der Waals surface area contributed by atoms with Gasteiger partial charge in [0.2, 0.25) is 5.91 Å². The van der Waals surface area contributed by atoms with Crippen molar-refractivity contribution in [3.63, 3.8) is 0 Å². The summed E-state index contributed by atoms with van der Waals surface area (Å²) in [5.74, 6) is 0.0662. The number of benzene rings is 1. The first-order valence-electron chi connectivity index (χ1n) is 9.04. The zero-order valence-corrected chi connectivity index (χ0v) is 15.4. The lowest BCUT2D eigenvalue weighted by Crippen LogP contribution is -2.41. The van der Waals surface area contributed by atoms with Crippen molar-refractivity contribution in [2.45, 2.75) is 25.9 Å². The fourth-order valence-corrected chi connectivity index (χ4v) is 3.46. The third-order valence-corrected chi connectivity index (χ3v) is 4.88. The van der Waals surface area contributed by atoms with Gasteiger partial charge in [0.05, 0.1) is 36.7 Å². The summed E-state index contributed by atoms with van der Waals surface area (Å²) in [5.41, 5.74) is 0.565. The van der Waals surface area contributed by atoms with E-state index < -0.39 is 0 Å². The molecule has 0 bridgehead atoms. The highest BCUT2D eigenvalue weighted by atomic mass is 16.5. The van der Waals surface area contributed by atoms with Crippen LogP contribution in [0.3, 0.4) is 0 Å². The van der Waals surface area contributed by atoms with Gasteiger partial charge in [0.15, 0.2) is 0 Å². The summed E-state index contributed by atoms with van der Waals surface area (Å²) in [6, 6.07) is 7.39. The lowest BCUT2D eigenvalue weighted by atomic mass is 9.97. The van der Waals surface area contributed by atoms with Crippen LogP contribution in [0.2, 0.25) is 0 Å². The standard InChI is InChI=1S/C19H26N4O3/c1-22-9-5-6-14(13-22)18(24)20-12-17-15-7-3-4-8-16(15)19(25)23(21-17)10-11-26-2/h3-4,7-8,14H,5-6,9-13H2,1-2H3,(H,20,24). The van der Waals surface area contributed by atoms with Crippen LogP contribution >= 0.6 is 0 Å². The average Bonchev–Trinajstić information content (AvgIpc) is 2.66. The molecule has 1 saturated heterocycles. The van der Waals surface area contributed by atoms with Crippen molar-refractivity contribution < 1.29 is 9.53 Å². The van der Waals surface area contributed by atoms with Gasteiger partial charge in [-0.25, -0.2) is 4.68 Å². The van der Waals surface area contributed by atoms with E-state index in [1.54, 1.807) is 13.2 Å². The third-order valence-electron chi connectivity index (χ3n) is 4.88. The molecule has 3 rings (SSSR count). The van der Waals surface area contributed by atoms with Gasteiger partial charge in [-0.15, -0.1) is 0 Å². The number of nitrogens with zero attached hydrogens (tertiary/aromatic N) is 3. The summed E-state index contributed by atoms with van der Waals surface area (Å²) in [7, 11) is 3.63. The Morgan fingerprint density at radius 3 is 2.85 bits per heavy atom. The summed E-state index contributed by atoms with van der Waals surface area (Å²) in [4.78, 5) is 27.3. The van der Waals surface area contributed by atoms with Gasteiger partial charge in [0, 0.05) is 19.0 Å². The van der Waals surface area contributed by atoms with E-state index in [1.165, 1.54) is 4.68 Å². The molecular weight excluding hydrogens is 332 g/mol. The van der Waals surface area contributed by atoms with Crippen LogP contribution in [0.25, 0.3) is 10.8 Å². The molecule has 1 atom stereocenters. The molecule has 1 fully saturated rings. The normalized spacial score (nSPS) is 18.2. The Morgan fingerprint density at radius 1 is 1.35 bits per heavy atom. The smallest absolute Gasteiger partial charge is 0.274 e. The molecule has 2 aromatic rings. The predicted molar refractivity (Wildman–Crippen MR) is 99.9 cm³/mol. The second-order valence-corrected chi connectivity index (χ2v) is 6.83. The molecule has 1 N–H and O–H groups in total. The maximum atomic E-state index is 12.6. The largest absolute Gasteiger partial charge is 0.383 e. The Balaban J connectivity index is 1.81. The van der Waals surface area contributed by atoms with Crippen molar-refractivity contribution >= 4 is 16.7 Å². The second-order valence-electron chi connectivity index (χ2n) is 6.83. The molecule has 140 valence electrons. The van der Waals surface area contributed by atoms with Crippen molar-refractivity contribution in [2.75, 3.05) is 33.9 Å².